The maximum atomic E-state index is 8.25. The molecule has 0 fully saturated rings. The molecule has 0 aromatic heterocycles. The summed E-state index contributed by atoms with van der Waals surface area (Å²) >= 11 is 11.2. The van der Waals surface area contributed by atoms with E-state index in [1.165, 1.54) is 6.21 Å². The van der Waals surface area contributed by atoms with Crippen LogP contribution in [0.15, 0.2) is 27.9 Å². The Morgan fingerprint density at radius 3 is 2.60 bits per heavy atom. The average molecular weight is 390 g/mol. The summed E-state index contributed by atoms with van der Waals surface area (Å²) in [4.78, 5) is 0. The van der Waals surface area contributed by atoms with Crippen LogP contribution in [0.4, 0.5) is 0 Å². The van der Waals surface area contributed by atoms with Gasteiger partial charge in [0.1, 0.15) is 22.6 Å². The fourth-order valence-corrected chi connectivity index (χ4v) is 2.34. The van der Waals surface area contributed by atoms with Crippen molar-refractivity contribution < 1.29 is 19.4 Å². The van der Waals surface area contributed by atoms with Crippen molar-refractivity contribution in [3.8, 4) is 11.5 Å². The molecule has 0 atom stereocenters. The zero-order chi connectivity index (χ0) is 18.5. The highest BCUT2D eigenvalue weighted by molar-refractivity contribution is 6.55. The maximum Gasteiger partial charge on any atom is 0.125 e. The molecule has 0 aliphatic heterocycles. The maximum absolute atomic E-state index is 8.25. The lowest BCUT2D eigenvalue weighted by molar-refractivity contribution is 0.160. The molecule has 0 heterocycles. The summed E-state index contributed by atoms with van der Waals surface area (Å²) in [6.45, 7) is 5.96. The summed E-state index contributed by atoms with van der Waals surface area (Å²) in [5, 5.41) is 11.1. The van der Waals surface area contributed by atoms with Crippen molar-refractivity contribution in [2.75, 3.05) is 26.4 Å². The average Bonchev–Trinajstić information content (AvgIpc) is 2.58. The molecule has 0 saturated carbocycles. The summed E-state index contributed by atoms with van der Waals surface area (Å²) in [7, 11) is 0. The first kappa shape index (κ1) is 21.6. The molecule has 7 heteroatoms. The standard InChI is InChI=1S/C18H25Cl2NO4/c1-3-15-13-16(24-10-6-17(19)20)12-14(2)18(15)25-9-5-4-8-23-11-7-21-22/h6-7,12-13,22H,3-5,8-11H2,1-2H3/b21-7+. The Balaban J connectivity index is 2.49. The number of benzene rings is 1. The Hall–Kier alpha value is -1.43. The zero-order valence-electron chi connectivity index (χ0n) is 14.6. The second kappa shape index (κ2) is 12.9. The number of nitrogens with zero attached hydrogens (tertiary/aromatic N) is 1. The number of hydrogen-bond donors (Lipinski definition) is 1. The Kier molecular flexibility index (Phi) is 11.1. The van der Waals surface area contributed by atoms with Gasteiger partial charge in [0.15, 0.2) is 0 Å². The fraction of sp³-hybridized carbons (Fsp3) is 0.500. The molecule has 0 aliphatic rings. The SMILES string of the molecule is CCc1cc(OCC=C(Cl)Cl)cc(C)c1OCCCCOC/C=N/O. The van der Waals surface area contributed by atoms with Crippen molar-refractivity contribution >= 4 is 29.4 Å². The molecular formula is C18H25Cl2NO4. The van der Waals surface area contributed by atoms with E-state index in [0.29, 0.717) is 26.4 Å². The van der Waals surface area contributed by atoms with E-state index in [1.54, 1.807) is 6.08 Å². The van der Waals surface area contributed by atoms with Crippen LogP contribution in [-0.4, -0.2) is 37.8 Å². The molecule has 140 valence electrons. The van der Waals surface area contributed by atoms with Gasteiger partial charge in [0.2, 0.25) is 0 Å². The van der Waals surface area contributed by atoms with Gasteiger partial charge in [-0.1, -0.05) is 35.3 Å². The molecular weight excluding hydrogens is 365 g/mol. The van der Waals surface area contributed by atoms with Crippen LogP contribution in [0.1, 0.15) is 30.9 Å². The minimum atomic E-state index is 0.194. The van der Waals surface area contributed by atoms with Gasteiger partial charge in [-0.15, -0.1) is 0 Å². The van der Waals surface area contributed by atoms with Gasteiger partial charge in [0, 0.05) is 6.61 Å². The van der Waals surface area contributed by atoms with E-state index in [9.17, 15) is 0 Å². The molecule has 1 N–H and O–H groups in total. The normalized spacial score (nSPS) is 10.9. The molecule has 0 aliphatic carbocycles. The Labute approximate surface area is 159 Å². The molecule has 1 rings (SSSR count). The predicted octanol–water partition coefficient (Wildman–Crippen LogP) is 4.89. The second-order valence-electron chi connectivity index (χ2n) is 5.32. The number of ether oxygens (including phenoxy) is 3. The molecule has 0 bridgehead atoms. The first-order chi connectivity index (χ1) is 12.1. The van der Waals surface area contributed by atoms with Crippen LogP contribution in [0.25, 0.3) is 0 Å². The molecule has 1 aromatic rings. The van der Waals surface area contributed by atoms with Crippen LogP contribution in [0.2, 0.25) is 0 Å². The lowest BCUT2D eigenvalue weighted by Gasteiger charge is -2.15. The number of rotatable bonds is 12. The first-order valence-corrected chi connectivity index (χ1v) is 8.98. The summed E-state index contributed by atoms with van der Waals surface area (Å²) in [6.07, 6.45) is 5.53. The molecule has 0 saturated heterocycles. The van der Waals surface area contributed by atoms with Crippen molar-refractivity contribution in [2.45, 2.75) is 33.1 Å². The van der Waals surface area contributed by atoms with Crippen molar-refractivity contribution in [3.63, 3.8) is 0 Å². The van der Waals surface area contributed by atoms with Crippen LogP contribution in [0.5, 0.6) is 11.5 Å². The Morgan fingerprint density at radius 2 is 1.92 bits per heavy atom. The third-order valence-corrected chi connectivity index (χ3v) is 3.71. The molecule has 1 aromatic carbocycles. The molecule has 0 amide bonds. The number of oxime groups is 1. The summed E-state index contributed by atoms with van der Waals surface area (Å²) < 4.78 is 17.0. The van der Waals surface area contributed by atoms with Crippen molar-refractivity contribution in [1.82, 2.24) is 0 Å². The van der Waals surface area contributed by atoms with Crippen molar-refractivity contribution in [2.24, 2.45) is 5.16 Å². The molecule has 0 unspecified atom stereocenters. The largest absolute Gasteiger partial charge is 0.493 e. The highest BCUT2D eigenvalue weighted by atomic mass is 35.5. The Bertz CT molecular complexity index is 572. The van der Waals surface area contributed by atoms with Gasteiger partial charge in [-0.05, 0) is 55.5 Å². The summed E-state index contributed by atoms with van der Waals surface area (Å²) in [6, 6.07) is 3.93. The van der Waals surface area contributed by atoms with E-state index < -0.39 is 0 Å². The lowest BCUT2D eigenvalue weighted by atomic mass is 10.1. The first-order valence-electron chi connectivity index (χ1n) is 8.22. The van der Waals surface area contributed by atoms with Crippen LogP contribution in [0, 0.1) is 6.92 Å². The molecule has 5 nitrogen and oxygen atoms in total. The lowest BCUT2D eigenvalue weighted by Crippen LogP contribution is -2.05. The number of halogens is 2. The minimum Gasteiger partial charge on any atom is -0.493 e. The topological polar surface area (TPSA) is 60.3 Å². The highest BCUT2D eigenvalue weighted by Gasteiger charge is 2.09. The summed E-state index contributed by atoms with van der Waals surface area (Å²) in [5.74, 6) is 1.68. The van der Waals surface area contributed by atoms with Gasteiger partial charge >= 0.3 is 0 Å². The van der Waals surface area contributed by atoms with Gasteiger partial charge in [0.25, 0.3) is 0 Å². The Morgan fingerprint density at radius 1 is 1.16 bits per heavy atom. The van der Waals surface area contributed by atoms with E-state index in [0.717, 1.165) is 41.9 Å². The third kappa shape index (κ3) is 9.00. The monoisotopic (exact) mass is 389 g/mol. The van der Waals surface area contributed by atoms with Gasteiger partial charge in [-0.25, -0.2) is 0 Å². The zero-order valence-corrected chi connectivity index (χ0v) is 16.1. The minimum absolute atomic E-state index is 0.194. The predicted molar refractivity (Wildman–Crippen MR) is 102 cm³/mol. The van der Waals surface area contributed by atoms with Gasteiger partial charge < -0.3 is 19.4 Å². The van der Waals surface area contributed by atoms with Crippen LogP contribution in [0.3, 0.4) is 0 Å². The molecule has 0 radical (unpaired) electrons. The van der Waals surface area contributed by atoms with E-state index in [1.807, 2.05) is 19.1 Å². The van der Waals surface area contributed by atoms with E-state index >= 15 is 0 Å². The number of hydrogen-bond acceptors (Lipinski definition) is 5. The third-order valence-electron chi connectivity index (χ3n) is 3.40. The van der Waals surface area contributed by atoms with E-state index in [2.05, 4.69) is 12.1 Å². The second-order valence-corrected chi connectivity index (χ2v) is 6.32. The van der Waals surface area contributed by atoms with Crippen LogP contribution in [-0.2, 0) is 11.2 Å². The quantitative estimate of drug-likeness (QED) is 0.239. The van der Waals surface area contributed by atoms with E-state index in [-0.39, 0.29) is 4.49 Å². The number of unbranched alkanes of at least 4 members (excludes halogenated alkanes) is 1. The van der Waals surface area contributed by atoms with Crippen molar-refractivity contribution in [1.29, 1.82) is 0 Å². The van der Waals surface area contributed by atoms with Crippen LogP contribution < -0.4 is 9.47 Å². The molecule has 25 heavy (non-hydrogen) atoms. The summed E-state index contributed by atoms with van der Waals surface area (Å²) in [5.41, 5.74) is 2.14. The van der Waals surface area contributed by atoms with Gasteiger partial charge in [-0.3, -0.25) is 0 Å². The smallest absolute Gasteiger partial charge is 0.125 e. The van der Waals surface area contributed by atoms with Crippen molar-refractivity contribution in [3.05, 3.63) is 33.8 Å². The van der Waals surface area contributed by atoms with Crippen LogP contribution >= 0.6 is 23.2 Å². The fourth-order valence-electron chi connectivity index (χ4n) is 2.21. The van der Waals surface area contributed by atoms with Gasteiger partial charge in [0.05, 0.1) is 19.4 Å². The van der Waals surface area contributed by atoms with E-state index in [4.69, 9.17) is 42.6 Å². The van der Waals surface area contributed by atoms with Gasteiger partial charge in [-0.2, -0.15) is 0 Å². The molecule has 0 spiro atoms. The number of aryl methyl sites for hydroxylation is 2. The highest BCUT2D eigenvalue weighted by Crippen LogP contribution is 2.30.